The van der Waals surface area contributed by atoms with Crippen molar-refractivity contribution < 1.29 is 0 Å². The Morgan fingerprint density at radius 1 is 0.517 bits per heavy atom. The third-order valence-electron chi connectivity index (χ3n) is 12.6. The molecular weight excluding hydrogens is 348 g/mol. The van der Waals surface area contributed by atoms with E-state index >= 15 is 0 Å². The van der Waals surface area contributed by atoms with Crippen LogP contribution >= 0.6 is 0 Å². The Labute approximate surface area is 182 Å². The first kappa shape index (κ1) is 20.9. The second-order valence-electron chi connectivity index (χ2n) is 15.0. The summed E-state index contributed by atoms with van der Waals surface area (Å²) in [5.41, 5.74) is 3.08. The zero-order valence-corrected chi connectivity index (χ0v) is 20.9. The summed E-state index contributed by atoms with van der Waals surface area (Å²) in [6.07, 6.45) is 18.2. The molecule has 0 heterocycles. The van der Waals surface area contributed by atoms with E-state index in [0.717, 1.165) is 29.6 Å². The molecular formula is C29H50. The van der Waals surface area contributed by atoms with Crippen molar-refractivity contribution in [2.45, 2.75) is 126 Å². The summed E-state index contributed by atoms with van der Waals surface area (Å²) >= 11 is 0. The smallest absolute Gasteiger partial charge is 0.0261 e. The van der Waals surface area contributed by atoms with Crippen LogP contribution < -0.4 is 0 Å². The monoisotopic (exact) mass is 398 g/mol. The van der Waals surface area contributed by atoms with E-state index in [0.29, 0.717) is 27.1 Å². The molecule has 0 spiro atoms. The Morgan fingerprint density at radius 3 is 1.83 bits per heavy atom. The average molecular weight is 399 g/mol. The van der Waals surface area contributed by atoms with Crippen molar-refractivity contribution in [2.24, 2.45) is 56.7 Å². The summed E-state index contributed by atoms with van der Waals surface area (Å²) in [4.78, 5) is 0. The normalized spacial score (nSPS) is 55.8. The van der Waals surface area contributed by atoms with Crippen molar-refractivity contribution >= 4 is 0 Å². The lowest BCUT2D eigenvalue weighted by atomic mass is 9.36. The van der Waals surface area contributed by atoms with E-state index in [1.54, 1.807) is 19.3 Å². The molecule has 0 bridgehead atoms. The Morgan fingerprint density at radius 2 is 1.10 bits per heavy atom. The van der Waals surface area contributed by atoms with E-state index in [1.807, 2.05) is 0 Å². The van der Waals surface area contributed by atoms with Crippen LogP contribution in [0.1, 0.15) is 126 Å². The molecule has 5 unspecified atom stereocenters. The van der Waals surface area contributed by atoms with Crippen molar-refractivity contribution in [1.82, 2.24) is 0 Å². The molecule has 0 saturated heterocycles. The SMILES string of the molecule is CC1(C)CC[C@]2(C)CC[C@]3(C)C(CCC4C3CCC3C(C)(C)CCC[C@]43C)C2C1. The molecule has 0 nitrogen and oxygen atoms in total. The summed E-state index contributed by atoms with van der Waals surface area (Å²) in [7, 11) is 0. The molecule has 0 amide bonds. The fourth-order valence-corrected chi connectivity index (χ4v) is 10.9. The lowest BCUT2D eigenvalue weighted by molar-refractivity contribution is -0.200. The second-order valence-corrected chi connectivity index (χ2v) is 15.0. The maximum absolute atomic E-state index is 2.80. The minimum atomic E-state index is 0.578. The second kappa shape index (κ2) is 6.28. The number of rotatable bonds is 0. The molecule has 8 atom stereocenters. The van der Waals surface area contributed by atoms with E-state index in [4.69, 9.17) is 0 Å². The van der Waals surface area contributed by atoms with Gasteiger partial charge in [0.05, 0.1) is 0 Å². The van der Waals surface area contributed by atoms with Crippen LogP contribution in [-0.2, 0) is 0 Å². The molecule has 0 aromatic heterocycles. The summed E-state index contributed by atoms with van der Waals surface area (Å²) in [5, 5.41) is 0. The van der Waals surface area contributed by atoms with Crippen LogP contribution in [0.3, 0.4) is 0 Å². The molecule has 0 radical (unpaired) electrons. The Bertz CT molecular complexity index is 657. The van der Waals surface area contributed by atoms with E-state index in [2.05, 4.69) is 48.5 Å². The topological polar surface area (TPSA) is 0 Å². The molecule has 29 heavy (non-hydrogen) atoms. The van der Waals surface area contributed by atoms with Crippen LogP contribution in [0.4, 0.5) is 0 Å². The van der Waals surface area contributed by atoms with Crippen LogP contribution in [0.15, 0.2) is 0 Å². The van der Waals surface area contributed by atoms with Gasteiger partial charge >= 0.3 is 0 Å². The van der Waals surface area contributed by atoms with Crippen LogP contribution in [0.2, 0.25) is 0 Å². The summed E-state index contributed by atoms with van der Waals surface area (Å²) < 4.78 is 0. The Balaban J connectivity index is 1.47. The van der Waals surface area contributed by atoms with Gasteiger partial charge in [-0.1, -0.05) is 54.9 Å². The van der Waals surface area contributed by atoms with Crippen molar-refractivity contribution in [1.29, 1.82) is 0 Å². The average Bonchev–Trinajstić information content (AvgIpc) is 2.62. The molecule has 0 aliphatic heterocycles. The van der Waals surface area contributed by atoms with Gasteiger partial charge in [0.15, 0.2) is 0 Å². The molecule has 0 aromatic carbocycles. The highest BCUT2D eigenvalue weighted by molar-refractivity contribution is 5.13. The van der Waals surface area contributed by atoms with Gasteiger partial charge in [-0.05, 0) is 127 Å². The fourth-order valence-electron chi connectivity index (χ4n) is 10.9. The van der Waals surface area contributed by atoms with Crippen molar-refractivity contribution in [2.75, 3.05) is 0 Å². The first-order chi connectivity index (χ1) is 13.4. The molecule has 166 valence electrons. The van der Waals surface area contributed by atoms with Crippen molar-refractivity contribution in [3.8, 4) is 0 Å². The van der Waals surface area contributed by atoms with Crippen LogP contribution in [0.25, 0.3) is 0 Å². The molecule has 5 saturated carbocycles. The van der Waals surface area contributed by atoms with E-state index in [9.17, 15) is 0 Å². The van der Waals surface area contributed by atoms with E-state index in [1.165, 1.54) is 57.8 Å². The van der Waals surface area contributed by atoms with Crippen LogP contribution in [-0.4, -0.2) is 0 Å². The van der Waals surface area contributed by atoms with Crippen LogP contribution in [0.5, 0.6) is 0 Å². The predicted octanol–water partition coefficient (Wildman–Crippen LogP) is 8.89. The molecule has 5 aliphatic carbocycles. The third-order valence-corrected chi connectivity index (χ3v) is 12.6. The fraction of sp³-hybridized carbons (Fsp3) is 1.00. The van der Waals surface area contributed by atoms with Gasteiger partial charge in [-0.25, -0.2) is 0 Å². The van der Waals surface area contributed by atoms with Gasteiger partial charge in [-0.15, -0.1) is 0 Å². The molecule has 5 rings (SSSR count). The van der Waals surface area contributed by atoms with Gasteiger partial charge in [-0.2, -0.15) is 0 Å². The van der Waals surface area contributed by atoms with Crippen molar-refractivity contribution in [3.05, 3.63) is 0 Å². The summed E-state index contributed by atoms with van der Waals surface area (Å²) in [6, 6.07) is 0. The van der Waals surface area contributed by atoms with Gasteiger partial charge in [0.2, 0.25) is 0 Å². The number of fused-ring (bicyclic) bond motifs is 7. The lowest BCUT2D eigenvalue weighted by Gasteiger charge is -2.69. The Hall–Kier alpha value is 0. The summed E-state index contributed by atoms with van der Waals surface area (Å²) in [6.45, 7) is 18.6. The third kappa shape index (κ3) is 2.88. The first-order valence-corrected chi connectivity index (χ1v) is 13.4. The Kier molecular flexibility index (Phi) is 4.52. The number of hydrogen-bond donors (Lipinski definition) is 0. The molecule has 0 heteroatoms. The van der Waals surface area contributed by atoms with Gasteiger partial charge < -0.3 is 0 Å². The lowest BCUT2D eigenvalue weighted by Crippen LogP contribution is -2.61. The summed E-state index contributed by atoms with van der Waals surface area (Å²) in [5.74, 6) is 5.03. The van der Waals surface area contributed by atoms with Gasteiger partial charge in [0, 0.05) is 0 Å². The molecule has 0 N–H and O–H groups in total. The molecule has 5 aliphatic rings. The minimum absolute atomic E-state index is 0.578. The molecule has 0 aromatic rings. The van der Waals surface area contributed by atoms with Crippen molar-refractivity contribution in [3.63, 3.8) is 0 Å². The van der Waals surface area contributed by atoms with Gasteiger partial charge in [0.25, 0.3) is 0 Å². The zero-order chi connectivity index (χ0) is 20.9. The number of hydrogen-bond acceptors (Lipinski definition) is 0. The quantitative estimate of drug-likeness (QED) is 0.382. The largest absolute Gasteiger partial charge is 0.0599 e. The first-order valence-electron chi connectivity index (χ1n) is 13.4. The maximum Gasteiger partial charge on any atom is -0.0261 e. The van der Waals surface area contributed by atoms with E-state index in [-0.39, 0.29) is 0 Å². The van der Waals surface area contributed by atoms with Gasteiger partial charge in [-0.3, -0.25) is 0 Å². The van der Waals surface area contributed by atoms with E-state index < -0.39 is 0 Å². The highest BCUT2D eigenvalue weighted by Gasteiger charge is 2.64. The van der Waals surface area contributed by atoms with Gasteiger partial charge in [0.1, 0.15) is 0 Å². The maximum atomic E-state index is 2.80. The predicted molar refractivity (Wildman–Crippen MR) is 125 cm³/mol. The molecule has 5 fully saturated rings. The highest BCUT2D eigenvalue weighted by atomic mass is 14.7. The highest BCUT2D eigenvalue weighted by Crippen LogP contribution is 2.72. The van der Waals surface area contributed by atoms with Crippen LogP contribution in [0, 0.1) is 56.7 Å². The minimum Gasteiger partial charge on any atom is -0.0599 e. The zero-order valence-electron chi connectivity index (χ0n) is 20.9. The standard InChI is InChI=1S/C29H50/c1-25(2)15-16-27(5)17-18-28(6)20-11-12-24-26(3,4)13-8-14-29(24,7)21(20)9-10-22(28)23(27)19-25/h20-24H,8-19H2,1-7H3/t20?,21?,22?,23?,24?,27-,28+,29-/m1/s1.